The molecule has 7 aromatic rings. The van der Waals surface area contributed by atoms with Gasteiger partial charge in [0.15, 0.2) is 5.82 Å². The van der Waals surface area contributed by atoms with Gasteiger partial charge in [-0.1, -0.05) is 65.8 Å². The van der Waals surface area contributed by atoms with E-state index < -0.39 is 0 Å². The average Bonchev–Trinajstić information content (AvgIpc) is 3.74. The number of rotatable bonds is 6. The number of hydrogen-bond donors (Lipinski definition) is 9. The number of urea groups is 5. The van der Waals surface area contributed by atoms with E-state index in [1.54, 1.807) is 63.0 Å². The number of carbonyl (C=O) groups is 5. The quantitative estimate of drug-likeness (QED) is 0.0755. The van der Waals surface area contributed by atoms with Crippen molar-refractivity contribution in [3.8, 4) is 0 Å². The zero-order valence-corrected chi connectivity index (χ0v) is 47.8. The van der Waals surface area contributed by atoms with Crippen LogP contribution in [0.1, 0.15) is 103 Å². The van der Waals surface area contributed by atoms with Crippen LogP contribution in [-0.4, -0.2) is 90.5 Å². The molecule has 21 heteroatoms. The van der Waals surface area contributed by atoms with Crippen molar-refractivity contribution < 1.29 is 28.5 Å². The molecule has 0 saturated carbocycles. The van der Waals surface area contributed by atoms with Crippen molar-refractivity contribution in [1.29, 1.82) is 0 Å². The number of benzene rings is 2. The molecule has 78 heavy (non-hydrogen) atoms. The molecule has 10 amide bonds. The van der Waals surface area contributed by atoms with E-state index in [1.807, 2.05) is 176 Å². The number of fused-ring (bicyclic) bond motifs is 2. The molecule has 5 heterocycles. The third-order valence-corrected chi connectivity index (χ3v) is 9.22. The van der Waals surface area contributed by atoms with Crippen molar-refractivity contribution in [2.75, 3.05) is 33.2 Å². The second-order valence-corrected chi connectivity index (χ2v) is 22.0. The van der Waals surface area contributed by atoms with E-state index in [0.717, 1.165) is 21.5 Å². The number of aryl methyl sites for hydroxylation is 1. The summed E-state index contributed by atoms with van der Waals surface area (Å²) in [5.41, 5.74) is -1.01. The Balaban J connectivity index is 0.000000258. The predicted molar refractivity (Wildman–Crippen MR) is 313 cm³/mol. The summed E-state index contributed by atoms with van der Waals surface area (Å²) >= 11 is 0. The number of hydrogen-bond acceptors (Lipinski definition) is 11. The lowest BCUT2D eigenvalue weighted by atomic mass is 10.1. The lowest BCUT2D eigenvalue weighted by Gasteiger charge is -2.25. The number of anilines is 5. The molecule has 0 spiro atoms. The fraction of sp³-hybridized carbons (Fsp3) is 0.368. The van der Waals surface area contributed by atoms with E-state index >= 15 is 0 Å². The van der Waals surface area contributed by atoms with Gasteiger partial charge >= 0.3 is 30.2 Å². The van der Waals surface area contributed by atoms with E-state index in [4.69, 9.17) is 4.52 Å². The van der Waals surface area contributed by atoms with Crippen LogP contribution in [0.15, 0.2) is 132 Å². The Hall–Kier alpha value is -8.88. The Bertz CT molecular complexity index is 2990. The van der Waals surface area contributed by atoms with Gasteiger partial charge < -0.3 is 31.1 Å². The molecule has 0 aliphatic rings. The largest absolute Gasteiger partial charge is 0.360 e. The van der Waals surface area contributed by atoms with Gasteiger partial charge in [-0.2, -0.15) is 0 Å². The molecule has 5 aromatic heterocycles. The Morgan fingerprint density at radius 3 is 1.50 bits per heavy atom. The van der Waals surface area contributed by atoms with Crippen LogP contribution in [0, 0.1) is 6.92 Å². The van der Waals surface area contributed by atoms with Gasteiger partial charge in [-0.15, -0.1) is 0 Å². The molecule has 2 aromatic carbocycles. The van der Waals surface area contributed by atoms with Gasteiger partial charge in [-0.25, -0.2) is 43.9 Å². The van der Waals surface area contributed by atoms with Crippen LogP contribution < -0.4 is 52.8 Å². The van der Waals surface area contributed by atoms with Crippen molar-refractivity contribution in [2.45, 2.75) is 132 Å². The lowest BCUT2D eigenvalue weighted by Crippen LogP contribution is -2.47. The van der Waals surface area contributed by atoms with Gasteiger partial charge in [0.2, 0.25) is 0 Å². The molecule has 0 fully saturated rings. The molecular weight excluding hydrogens is 991 g/mol. The van der Waals surface area contributed by atoms with Crippen molar-refractivity contribution >= 4 is 80.8 Å². The smallest absolute Gasteiger partial charge is 0.323 e. The Kier molecular flexibility index (Phi) is 23.9. The third kappa shape index (κ3) is 26.6. The van der Waals surface area contributed by atoms with Crippen LogP contribution in [-0.2, 0) is 0 Å². The number of pyridine rings is 4. The van der Waals surface area contributed by atoms with E-state index in [1.165, 1.54) is 4.90 Å². The SMILES string of the molecule is CC(C)(C)NC(=O)Nc1cc2ccccc2cn1.CC(C)(C)NC(=O)Nc1ccccn1.CC(C)(C)NC(=O)Nc1nccc2ccccc12.CN(C(=O)NC(C)(C)C)c1ccccn1.Cc1cc(NC(=O)NC(C)C)no1. The molecule has 21 nitrogen and oxygen atoms in total. The zero-order valence-electron chi connectivity index (χ0n) is 47.8. The molecular formula is C57H79N15O6. The number of aromatic nitrogens is 5. The van der Waals surface area contributed by atoms with Crippen LogP contribution in [0.4, 0.5) is 53.1 Å². The first-order chi connectivity index (χ1) is 36.3. The maximum Gasteiger partial charge on any atom is 0.323 e. The minimum Gasteiger partial charge on any atom is -0.360 e. The summed E-state index contributed by atoms with van der Waals surface area (Å²) in [6, 6.07) is 30.9. The second kappa shape index (κ2) is 29.4. The van der Waals surface area contributed by atoms with Crippen molar-refractivity contribution in [1.82, 2.24) is 51.7 Å². The monoisotopic (exact) mass is 1070 g/mol. The first-order valence-corrected chi connectivity index (χ1v) is 25.2. The van der Waals surface area contributed by atoms with Crippen LogP contribution in [0.25, 0.3) is 21.5 Å². The number of nitrogens with zero attached hydrogens (tertiary/aromatic N) is 6. The van der Waals surface area contributed by atoms with Crippen LogP contribution in [0.5, 0.6) is 0 Å². The van der Waals surface area contributed by atoms with Crippen LogP contribution in [0.3, 0.4) is 0 Å². The highest BCUT2D eigenvalue weighted by atomic mass is 16.5. The molecule has 7 rings (SSSR count). The van der Waals surface area contributed by atoms with Gasteiger partial charge in [0.1, 0.15) is 29.0 Å². The summed E-state index contributed by atoms with van der Waals surface area (Å²) < 4.78 is 4.78. The highest BCUT2D eigenvalue weighted by Gasteiger charge is 2.19. The molecule has 0 unspecified atom stereocenters. The highest BCUT2D eigenvalue weighted by Crippen LogP contribution is 2.21. The molecule has 418 valence electrons. The molecule has 0 aliphatic heterocycles. The Morgan fingerprint density at radius 2 is 0.987 bits per heavy atom. The molecule has 0 aliphatic carbocycles. The van der Waals surface area contributed by atoms with E-state index in [9.17, 15) is 24.0 Å². The number of nitrogens with one attached hydrogen (secondary N) is 9. The summed E-state index contributed by atoms with van der Waals surface area (Å²) in [4.78, 5) is 75.7. The lowest BCUT2D eigenvalue weighted by molar-refractivity contribution is 0.238. The predicted octanol–water partition coefficient (Wildman–Crippen LogP) is 11.9. The standard InChI is InChI=1S/2C14H17N3O.C11H17N3O.C10H15N3O.C8H13N3O2/c1-14(2,3)17-13(18)16-12-8-10-6-4-5-7-11(10)9-15-12;1-14(2,3)17-13(18)16-12-11-7-5-4-6-10(11)8-9-15-12;1-11(2,3)13-10(15)14(4)9-7-5-6-8-12-9;1-10(2,3)13-9(14)12-8-6-4-5-7-11-8;1-5(2)9-8(12)10-7-4-6(3)13-11-7/h2*4-9H,1-3H3,(H2,15,16,17,18);5-8H,1-4H3,(H,13,15);4-7H,1-3H3,(H2,11,12,13,14);4-5H,1-3H3,(H2,9,10,11,12). The fourth-order valence-electron chi connectivity index (χ4n) is 6.16. The maximum atomic E-state index is 11.8. The Morgan fingerprint density at radius 1 is 0.487 bits per heavy atom. The van der Waals surface area contributed by atoms with Crippen molar-refractivity contribution in [3.63, 3.8) is 0 Å². The number of carbonyl (C=O) groups excluding carboxylic acids is 5. The molecule has 9 N–H and O–H groups in total. The van der Waals surface area contributed by atoms with Gasteiger partial charge in [-0.3, -0.25) is 26.2 Å². The third-order valence-electron chi connectivity index (χ3n) is 9.22. The summed E-state index contributed by atoms with van der Waals surface area (Å²) in [7, 11) is 1.70. The molecule has 0 radical (unpaired) electrons. The fourth-order valence-corrected chi connectivity index (χ4v) is 6.16. The van der Waals surface area contributed by atoms with Crippen molar-refractivity contribution in [3.05, 3.63) is 134 Å². The normalized spacial score (nSPS) is 10.9. The molecule has 0 saturated heterocycles. The Labute approximate surface area is 458 Å². The van der Waals surface area contributed by atoms with Crippen LogP contribution >= 0.6 is 0 Å². The highest BCUT2D eigenvalue weighted by molar-refractivity contribution is 6.00. The summed E-state index contributed by atoms with van der Waals surface area (Å²) in [5, 5.41) is 32.4. The first kappa shape index (κ1) is 63.4. The van der Waals surface area contributed by atoms with E-state index in [-0.39, 0.29) is 58.4 Å². The number of amides is 10. The molecule has 0 bridgehead atoms. The summed E-state index contributed by atoms with van der Waals surface area (Å²) in [5.74, 6) is 3.41. The average molecular weight is 1070 g/mol. The van der Waals surface area contributed by atoms with E-state index in [2.05, 4.69) is 72.9 Å². The first-order valence-electron chi connectivity index (χ1n) is 25.2. The van der Waals surface area contributed by atoms with E-state index in [0.29, 0.717) is 34.8 Å². The topological polar surface area (TPSA) is 274 Å². The zero-order chi connectivity index (χ0) is 58.3. The van der Waals surface area contributed by atoms with Gasteiger partial charge in [-0.05, 0) is 151 Å². The maximum absolute atomic E-state index is 11.8. The van der Waals surface area contributed by atoms with Gasteiger partial charge in [0.05, 0.1) is 0 Å². The molecule has 0 atom stereocenters. The summed E-state index contributed by atoms with van der Waals surface area (Å²) in [6.07, 6.45) is 6.74. The minimum atomic E-state index is -0.275. The van der Waals surface area contributed by atoms with Gasteiger partial charge in [0, 0.05) is 76.9 Å². The van der Waals surface area contributed by atoms with Crippen molar-refractivity contribution in [2.24, 2.45) is 0 Å². The van der Waals surface area contributed by atoms with Gasteiger partial charge in [0.25, 0.3) is 0 Å². The van der Waals surface area contributed by atoms with Crippen LogP contribution in [0.2, 0.25) is 0 Å². The second-order valence-electron chi connectivity index (χ2n) is 22.0. The minimum absolute atomic E-state index is 0.105. The summed E-state index contributed by atoms with van der Waals surface area (Å²) in [6.45, 7) is 28.7.